The predicted molar refractivity (Wildman–Crippen MR) is 117 cm³/mol. The Balaban J connectivity index is 1.87. The third-order valence-corrected chi connectivity index (χ3v) is 6.23. The van der Waals surface area contributed by atoms with E-state index < -0.39 is 0 Å². The van der Waals surface area contributed by atoms with Crippen molar-refractivity contribution in [3.8, 4) is 0 Å². The number of rotatable bonds is 3. The molecule has 29 heavy (non-hydrogen) atoms. The van der Waals surface area contributed by atoms with Crippen LogP contribution < -0.4 is 4.90 Å². The fourth-order valence-corrected chi connectivity index (χ4v) is 4.80. The molecule has 2 aliphatic rings. The Labute approximate surface area is 177 Å². The number of anilines is 1. The highest BCUT2D eigenvalue weighted by molar-refractivity contribution is 6.30. The Morgan fingerprint density at radius 2 is 1.79 bits per heavy atom. The van der Waals surface area contributed by atoms with Crippen LogP contribution in [0.2, 0.25) is 5.02 Å². The third-order valence-electron chi connectivity index (χ3n) is 6.00. The molecule has 0 saturated heterocycles. The molecule has 0 aromatic heterocycles. The molecule has 4 rings (SSSR count). The fourth-order valence-electron chi connectivity index (χ4n) is 4.60. The van der Waals surface area contributed by atoms with Gasteiger partial charge in [0.15, 0.2) is 5.78 Å². The molecule has 1 amide bonds. The number of benzene rings is 2. The molecule has 0 radical (unpaired) electrons. The minimum Gasteiger partial charge on any atom is -0.294 e. The van der Waals surface area contributed by atoms with Crippen LogP contribution in [0.15, 0.2) is 59.8 Å². The molecule has 0 fully saturated rings. The molecule has 1 aliphatic carbocycles. The lowest BCUT2D eigenvalue weighted by atomic mass is 9.69. The van der Waals surface area contributed by atoms with Crippen LogP contribution in [0.4, 0.5) is 5.69 Å². The lowest BCUT2D eigenvalue weighted by Gasteiger charge is -2.43. The van der Waals surface area contributed by atoms with Crippen molar-refractivity contribution in [1.29, 1.82) is 0 Å². The molecule has 2 aromatic rings. The van der Waals surface area contributed by atoms with E-state index in [0.29, 0.717) is 17.9 Å². The Bertz CT molecular complexity index is 1000. The van der Waals surface area contributed by atoms with Gasteiger partial charge in [0, 0.05) is 40.7 Å². The number of amides is 1. The Hall–Kier alpha value is -2.39. The van der Waals surface area contributed by atoms with Gasteiger partial charge in [-0.2, -0.15) is 0 Å². The van der Waals surface area contributed by atoms with Crippen LogP contribution >= 0.6 is 11.6 Å². The van der Waals surface area contributed by atoms with Gasteiger partial charge < -0.3 is 0 Å². The number of allylic oxidation sites excluding steroid dienone is 2. The van der Waals surface area contributed by atoms with Gasteiger partial charge in [-0.3, -0.25) is 14.5 Å². The van der Waals surface area contributed by atoms with Crippen molar-refractivity contribution in [3.05, 3.63) is 76.0 Å². The molecule has 3 nitrogen and oxygen atoms in total. The van der Waals surface area contributed by atoms with E-state index in [2.05, 4.69) is 32.9 Å². The number of carbonyl (C=O) groups excluding carboxylic acids is 2. The first-order valence-corrected chi connectivity index (χ1v) is 10.6. The summed E-state index contributed by atoms with van der Waals surface area (Å²) in [6.45, 7) is 6.31. The van der Waals surface area contributed by atoms with E-state index in [1.54, 1.807) is 4.90 Å². The smallest absolute Gasteiger partial charge is 0.232 e. The molecule has 150 valence electrons. The van der Waals surface area contributed by atoms with Gasteiger partial charge in [0.25, 0.3) is 0 Å². The number of ketones is 1. The number of hydrogen-bond donors (Lipinski definition) is 0. The van der Waals surface area contributed by atoms with Crippen molar-refractivity contribution in [2.45, 2.75) is 52.4 Å². The van der Waals surface area contributed by atoms with Gasteiger partial charge in [0.05, 0.1) is 0 Å². The second-order valence-corrected chi connectivity index (χ2v) is 9.30. The second kappa shape index (κ2) is 7.46. The summed E-state index contributed by atoms with van der Waals surface area (Å²) >= 11 is 6.21. The summed E-state index contributed by atoms with van der Waals surface area (Å²) in [5.41, 5.74) is 4.47. The van der Waals surface area contributed by atoms with Gasteiger partial charge in [-0.25, -0.2) is 0 Å². The van der Waals surface area contributed by atoms with E-state index in [-0.39, 0.29) is 29.4 Å². The first-order valence-electron chi connectivity index (χ1n) is 10.2. The maximum Gasteiger partial charge on any atom is 0.232 e. The van der Waals surface area contributed by atoms with Gasteiger partial charge in [0.1, 0.15) is 0 Å². The van der Waals surface area contributed by atoms with E-state index in [1.165, 1.54) is 5.56 Å². The van der Waals surface area contributed by atoms with E-state index >= 15 is 0 Å². The average molecular weight is 408 g/mol. The monoisotopic (exact) mass is 407 g/mol. The highest BCUT2D eigenvalue weighted by atomic mass is 35.5. The Morgan fingerprint density at radius 1 is 1.07 bits per heavy atom. The molecule has 0 spiro atoms. The number of halogens is 1. The third kappa shape index (κ3) is 3.76. The van der Waals surface area contributed by atoms with Crippen molar-refractivity contribution < 1.29 is 9.59 Å². The molecule has 1 atom stereocenters. The van der Waals surface area contributed by atoms with Crippen molar-refractivity contribution in [3.63, 3.8) is 0 Å². The lowest BCUT2D eigenvalue weighted by Crippen LogP contribution is -2.43. The summed E-state index contributed by atoms with van der Waals surface area (Å²) in [5.74, 6) is -0.0571. The number of hydrogen-bond acceptors (Lipinski definition) is 2. The highest BCUT2D eigenvalue weighted by Crippen LogP contribution is 2.48. The molecule has 1 unspecified atom stereocenters. The van der Waals surface area contributed by atoms with Crippen LogP contribution in [0.5, 0.6) is 0 Å². The normalized spacial score (nSPS) is 21.4. The summed E-state index contributed by atoms with van der Waals surface area (Å²) in [7, 11) is 0. The summed E-state index contributed by atoms with van der Waals surface area (Å²) in [6, 6.07) is 15.6. The number of Topliss-reactive ketones (excluding diaryl/α,β-unsaturated/α-hetero) is 1. The lowest BCUT2D eigenvalue weighted by molar-refractivity contribution is -0.121. The molecule has 0 saturated carbocycles. The zero-order valence-electron chi connectivity index (χ0n) is 17.2. The quantitative estimate of drug-likeness (QED) is 0.619. The van der Waals surface area contributed by atoms with Crippen LogP contribution in [0.1, 0.15) is 57.1 Å². The van der Waals surface area contributed by atoms with Gasteiger partial charge in [-0.05, 0) is 53.6 Å². The zero-order chi connectivity index (χ0) is 20.8. The van der Waals surface area contributed by atoms with E-state index in [9.17, 15) is 9.59 Å². The Kier molecular flexibility index (Phi) is 5.12. The molecular formula is C25H26ClNO2. The zero-order valence-corrected chi connectivity index (χ0v) is 17.9. The first kappa shape index (κ1) is 19.9. The molecule has 0 N–H and O–H groups in total. The van der Waals surface area contributed by atoms with Gasteiger partial charge in [-0.15, -0.1) is 0 Å². The molecule has 1 aliphatic heterocycles. The maximum atomic E-state index is 13.3. The number of aryl methyl sites for hydroxylation is 1. The van der Waals surface area contributed by atoms with Crippen molar-refractivity contribution in [2.75, 3.05) is 4.90 Å². The van der Waals surface area contributed by atoms with Gasteiger partial charge >= 0.3 is 0 Å². The molecule has 1 heterocycles. The largest absolute Gasteiger partial charge is 0.294 e. The standard InChI is InChI=1S/C25H26ClNO2/c1-4-16-8-10-19(11-9-16)27-21-14-25(2,3)15-22(28)24(21)20(13-23(27)29)17-6-5-7-18(26)12-17/h5-12,20H,4,13-15H2,1-3H3. The maximum absolute atomic E-state index is 13.3. The van der Waals surface area contributed by atoms with Crippen LogP contribution in [0.3, 0.4) is 0 Å². The minimum absolute atomic E-state index is 0.0310. The predicted octanol–water partition coefficient (Wildman–Crippen LogP) is 6.07. The molecule has 4 heteroatoms. The van der Waals surface area contributed by atoms with E-state index in [0.717, 1.165) is 28.9 Å². The molecular weight excluding hydrogens is 382 g/mol. The first-order chi connectivity index (χ1) is 13.8. The van der Waals surface area contributed by atoms with Crippen molar-refractivity contribution >= 4 is 29.0 Å². The van der Waals surface area contributed by atoms with E-state index in [1.807, 2.05) is 36.4 Å². The number of nitrogens with zero attached hydrogens (tertiary/aromatic N) is 1. The summed E-state index contributed by atoms with van der Waals surface area (Å²) < 4.78 is 0. The summed E-state index contributed by atoms with van der Waals surface area (Å²) in [5, 5.41) is 0.623. The van der Waals surface area contributed by atoms with Crippen LogP contribution in [0, 0.1) is 5.41 Å². The van der Waals surface area contributed by atoms with Crippen molar-refractivity contribution in [1.82, 2.24) is 0 Å². The topological polar surface area (TPSA) is 37.4 Å². The SMILES string of the molecule is CCc1ccc(N2C(=O)CC(c3cccc(Cl)c3)C3=C2CC(C)(C)CC3=O)cc1. The molecule has 0 bridgehead atoms. The second-order valence-electron chi connectivity index (χ2n) is 8.86. The highest BCUT2D eigenvalue weighted by Gasteiger charge is 2.44. The minimum atomic E-state index is -0.231. The van der Waals surface area contributed by atoms with E-state index in [4.69, 9.17) is 11.6 Å². The molecule has 2 aromatic carbocycles. The summed E-state index contributed by atoms with van der Waals surface area (Å²) in [6.07, 6.45) is 2.43. The van der Waals surface area contributed by atoms with Crippen LogP contribution in [0.25, 0.3) is 0 Å². The average Bonchev–Trinajstić information content (AvgIpc) is 2.66. The van der Waals surface area contributed by atoms with Crippen LogP contribution in [-0.2, 0) is 16.0 Å². The van der Waals surface area contributed by atoms with Crippen molar-refractivity contribution in [2.24, 2.45) is 5.41 Å². The van der Waals surface area contributed by atoms with Crippen LogP contribution in [-0.4, -0.2) is 11.7 Å². The number of carbonyl (C=O) groups is 2. The summed E-state index contributed by atoms with van der Waals surface area (Å²) in [4.78, 5) is 28.4. The van der Waals surface area contributed by atoms with Gasteiger partial charge in [0.2, 0.25) is 5.91 Å². The fraction of sp³-hybridized carbons (Fsp3) is 0.360. The van der Waals surface area contributed by atoms with Gasteiger partial charge in [-0.1, -0.05) is 56.6 Å². The Morgan fingerprint density at radius 3 is 2.45 bits per heavy atom.